The van der Waals surface area contributed by atoms with Crippen LogP contribution in [-0.2, 0) is 21.1 Å². The van der Waals surface area contributed by atoms with Crippen LogP contribution in [0.5, 0.6) is 11.5 Å². The second-order valence-corrected chi connectivity index (χ2v) is 10.8. The number of hydrogen-bond donors (Lipinski definition) is 3. The van der Waals surface area contributed by atoms with Crippen molar-refractivity contribution in [3.05, 3.63) is 54.1 Å². The molecule has 0 spiro atoms. The van der Waals surface area contributed by atoms with Crippen molar-refractivity contribution >= 4 is 15.7 Å². The van der Waals surface area contributed by atoms with E-state index in [-0.39, 0.29) is 11.3 Å². The quantitative estimate of drug-likeness (QED) is 0.357. The predicted molar refractivity (Wildman–Crippen MR) is 124 cm³/mol. The van der Waals surface area contributed by atoms with Crippen LogP contribution in [0.4, 0.5) is 0 Å². The van der Waals surface area contributed by atoms with Gasteiger partial charge in [-0.05, 0) is 74.7 Å². The first-order valence-corrected chi connectivity index (χ1v) is 12.6. The van der Waals surface area contributed by atoms with Gasteiger partial charge in [0.25, 0.3) is 5.91 Å². The Labute approximate surface area is 195 Å². The predicted octanol–water partition coefficient (Wildman–Crippen LogP) is 2.89. The summed E-state index contributed by atoms with van der Waals surface area (Å²) in [5.41, 5.74) is 2.15. The molecule has 1 fully saturated rings. The molecule has 1 aliphatic heterocycles. The number of nitrogens with one attached hydrogen (secondary N) is 2. The number of sulfone groups is 1. The van der Waals surface area contributed by atoms with Crippen LogP contribution in [0.1, 0.15) is 38.2 Å². The van der Waals surface area contributed by atoms with Gasteiger partial charge in [-0.2, -0.15) is 0 Å². The van der Waals surface area contributed by atoms with Crippen molar-refractivity contribution in [3.8, 4) is 11.5 Å². The number of benzene rings is 2. The Bertz CT molecular complexity index is 1020. The molecule has 2 atom stereocenters. The van der Waals surface area contributed by atoms with E-state index in [0.29, 0.717) is 29.7 Å². The number of methoxy groups -OCH3 is 1. The lowest BCUT2D eigenvalue weighted by Gasteiger charge is -2.27. The lowest BCUT2D eigenvalue weighted by atomic mass is 9.99. The van der Waals surface area contributed by atoms with Gasteiger partial charge in [-0.25, -0.2) is 13.9 Å². The lowest BCUT2D eigenvalue weighted by molar-refractivity contribution is -0.131. The average molecular weight is 477 g/mol. The number of carbonyl (C=O) groups is 1. The molecular weight excluding hydrogens is 444 g/mol. The molecule has 8 nitrogen and oxygen atoms in total. The van der Waals surface area contributed by atoms with E-state index in [0.717, 1.165) is 19.4 Å². The van der Waals surface area contributed by atoms with E-state index in [1.807, 2.05) is 0 Å². The van der Waals surface area contributed by atoms with Crippen LogP contribution < -0.4 is 20.3 Å². The Kier molecular flexibility index (Phi) is 8.34. The SMILES string of the molecule is COc1ccc(S(=O)(=O)C(C)(Cc2ccc(OCCC3CCCCN3)cc2)C(=O)NO)cc1. The molecule has 1 saturated heterocycles. The van der Waals surface area contributed by atoms with Crippen molar-refractivity contribution in [2.75, 3.05) is 20.3 Å². The minimum absolute atomic E-state index is 0.0364. The largest absolute Gasteiger partial charge is 0.497 e. The van der Waals surface area contributed by atoms with Gasteiger partial charge in [0.2, 0.25) is 0 Å². The molecule has 180 valence electrons. The van der Waals surface area contributed by atoms with Crippen LogP contribution in [0, 0.1) is 0 Å². The highest BCUT2D eigenvalue weighted by atomic mass is 32.2. The number of carbonyl (C=O) groups excluding carboxylic acids is 1. The third-order valence-electron chi connectivity index (χ3n) is 6.16. The minimum Gasteiger partial charge on any atom is -0.497 e. The van der Waals surface area contributed by atoms with Gasteiger partial charge in [0.15, 0.2) is 14.6 Å². The minimum atomic E-state index is -4.14. The molecule has 0 aliphatic carbocycles. The number of piperidine rings is 1. The fraction of sp³-hybridized carbons (Fsp3) is 0.458. The zero-order chi connectivity index (χ0) is 23.9. The maximum absolute atomic E-state index is 13.4. The van der Waals surface area contributed by atoms with Crippen LogP contribution in [-0.4, -0.2) is 50.6 Å². The highest BCUT2D eigenvalue weighted by Gasteiger charge is 2.47. The summed E-state index contributed by atoms with van der Waals surface area (Å²) in [5.74, 6) is 0.177. The molecule has 2 unspecified atom stereocenters. The lowest BCUT2D eigenvalue weighted by Crippen LogP contribution is -2.51. The standard InChI is InChI=1S/C24H32N2O6S/c1-24(23(27)26-28,33(29,30)22-12-10-20(31-2)11-13-22)17-18-6-8-21(9-7-18)32-16-14-19-5-3-4-15-25-19/h6-13,19,25,28H,3-5,14-17H2,1-2H3,(H,26,27). The molecule has 33 heavy (non-hydrogen) atoms. The van der Waals surface area contributed by atoms with E-state index >= 15 is 0 Å². The van der Waals surface area contributed by atoms with Crippen LogP contribution in [0.15, 0.2) is 53.4 Å². The third kappa shape index (κ3) is 5.85. The van der Waals surface area contributed by atoms with E-state index < -0.39 is 20.5 Å². The average Bonchev–Trinajstić information content (AvgIpc) is 2.85. The zero-order valence-electron chi connectivity index (χ0n) is 19.0. The third-order valence-corrected chi connectivity index (χ3v) is 8.57. The number of hydroxylamine groups is 1. The van der Waals surface area contributed by atoms with Crippen LogP contribution >= 0.6 is 0 Å². The zero-order valence-corrected chi connectivity index (χ0v) is 19.9. The van der Waals surface area contributed by atoms with Crippen LogP contribution in [0.25, 0.3) is 0 Å². The molecule has 3 rings (SSSR count). The summed E-state index contributed by atoms with van der Waals surface area (Å²) in [4.78, 5) is 12.5. The molecule has 2 aromatic carbocycles. The fourth-order valence-corrected chi connectivity index (χ4v) is 5.67. The maximum atomic E-state index is 13.4. The van der Waals surface area contributed by atoms with Crippen molar-refractivity contribution in [1.29, 1.82) is 0 Å². The molecule has 2 aromatic rings. The number of amides is 1. The first-order valence-electron chi connectivity index (χ1n) is 11.1. The van der Waals surface area contributed by atoms with Crippen molar-refractivity contribution in [2.45, 2.75) is 54.7 Å². The molecule has 0 radical (unpaired) electrons. The topological polar surface area (TPSA) is 114 Å². The van der Waals surface area contributed by atoms with Crippen molar-refractivity contribution in [1.82, 2.24) is 10.8 Å². The van der Waals surface area contributed by atoms with E-state index in [4.69, 9.17) is 9.47 Å². The number of rotatable bonds is 10. The normalized spacial score (nSPS) is 18.2. The highest BCUT2D eigenvalue weighted by molar-refractivity contribution is 7.93. The van der Waals surface area contributed by atoms with E-state index in [9.17, 15) is 18.4 Å². The summed E-state index contributed by atoms with van der Waals surface area (Å²) < 4.78 is 35.7. The summed E-state index contributed by atoms with van der Waals surface area (Å²) in [6.07, 6.45) is 4.43. The summed E-state index contributed by atoms with van der Waals surface area (Å²) in [6, 6.07) is 13.3. The van der Waals surface area contributed by atoms with E-state index in [1.54, 1.807) is 24.3 Å². The Morgan fingerprint density at radius 3 is 2.36 bits per heavy atom. The summed E-state index contributed by atoms with van der Waals surface area (Å²) in [7, 11) is -2.66. The Hall–Kier alpha value is -2.62. The van der Waals surface area contributed by atoms with Gasteiger partial charge in [-0.1, -0.05) is 18.6 Å². The second-order valence-electron chi connectivity index (χ2n) is 8.46. The number of ether oxygens (including phenoxy) is 2. The van der Waals surface area contributed by atoms with Crippen LogP contribution in [0.2, 0.25) is 0 Å². The van der Waals surface area contributed by atoms with Gasteiger partial charge < -0.3 is 14.8 Å². The van der Waals surface area contributed by atoms with Gasteiger partial charge in [-0.3, -0.25) is 10.0 Å². The summed E-state index contributed by atoms with van der Waals surface area (Å²) >= 11 is 0. The fourth-order valence-electron chi connectivity index (χ4n) is 4.01. The van der Waals surface area contributed by atoms with Gasteiger partial charge in [0, 0.05) is 12.5 Å². The number of hydrogen-bond acceptors (Lipinski definition) is 7. The van der Waals surface area contributed by atoms with Gasteiger partial charge in [0.05, 0.1) is 18.6 Å². The molecule has 1 aliphatic rings. The molecule has 3 N–H and O–H groups in total. The smallest absolute Gasteiger partial charge is 0.265 e. The Morgan fingerprint density at radius 1 is 1.12 bits per heavy atom. The Morgan fingerprint density at radius 2 is 1.79 bits per heavy atom. The maximum Gasteiger partial charge on any atom is 0.265 e. The first-order chi connectivity index (χ1) is 15.8. The van der Waals surface area contributed by atoms with E-state index in [2.05, 4.69) is 5.32 Å². The van der Waals surface area contributed by atoms with E-state index in [1.165, 1.54) is 56.6 Å². The van der Waals surface area contributed by atoms with Gasteiger partial charge >= 0.3 is 0 Å². The second kappa shape index (κ2) is 11.0. The van der Waals surface area contributed by atoms with Crippen LogP contribution in [0.3, 0.4) is 0 Å². The molecule has 1 heterocycles. The summed E-state index contributed by atoms with van der Waals surface area (Å²) in [6.45, 7) is 2.95. The monoisotopic (exact) mass is 476 g/mol. The van der Waals surface area contributed by atoms with Crippen molar-refractivity contribution in [3.63, 3.8) is 0 Å². The molecule has 0 saturated carbocycles. The molecule has 9 heteroatoms. The molecule has 0 bridgehead atoms. The summed E-state index contributed by atoms with van der Waals surface area (Å²) in [5, 5.41) is 12.8. The molecular formula is C24H32N2O6S. The van der Waals surface area contributed by atoms with Crippen molar-refractivity contribution < 1.29 is 27.9 Å². The van der Waals surface area contributed by atoms with Gasteiger partial charge in [-0.15, -0.1) is 0 Å². The first kappa shape index (κ1) is 25.0. The van der Waals surface area contributed by atoms with Crippen molar-refractivity contribution in [2.24, 2.45) is 0 Å². The molecule has 0 aromatic heterocycles. The molecule has 1 amide bonds. The Balaban J connectivity index is 1.71. The highest BCUT2D eigenvalue weighted by Crippen LogP contribution is 2.31. The van der Waals surface area contributed by atoms with Gasteiger partial charge in [0.1, 0.15) is 11.5 Å².